The van der Waals surface area contributed by atoms with Gasteiger partial charge in [0.15, 0.2) is 5.52 Å². The molecule has 0 spiro atoms. The molecule has 196 valence electrons. The number of hydrogen-bond donors (Lipinski definition) is 0. The van der Waals surface area contributed by atoms with E-state index in [0.717, 1.165) is 5.56 Å². The molecule has 0 radical (unpaired) electrons. The van der Waals surface area contributed by atoms with Crippen LogP contribution in [0.25, 0.3) is 0 Å². The number of aryl methyl sites for hydroxylation is 1. The molecule has 0 aliphatic rings. The van der Waals surface area contributed by atoms with Crippen molar-refractivity contribution >= 4 is 49.9 Å². The van der Waals surface area contributed by atoms with Crippen molar-refractivity contribution in [3.63, 3.8) is 0 Å². The fraction of sp³-hybridized carbons (Fsp3) is 0.500. The zero-order valence-corrected chi connectivity index (χ0v) is 22.7. The average molecular weight is 535 g/mol. The molecule has 10 heteroatoms. The summed E-state index contributed by atoms with van der Waals surface area (Å²) in [6, 6.07) is 8.99. The Balaban J connectivity index is 0.00000648. The van der Waals surface area contributed by atoms with Gasteiger partial charge in [-0.2, -0.15) is 0 Å². The number of carbonyl (C=O) groups excluding carboxylic acids is 1. The molecule has 7 nitrogen and oxygen atoms in total. The molecular formula is C26H37ClLiO7P. The second-order valence-electron chi connectivity index (χ2n) is 7.32. The molecule has 1 atom stereocenters. The maximum absolute atomic E-state index is 13.4. The van der Waals surface area contributed by atoms with Crippen molar-refractivity contribution in [1.82, 2.24) is 0 Å². The molecule has 0 heterocycles. The monoisotopic (exact) mass is 534 g/mol. The second-order valence-corrected chi connectivity index (χ2v) is 8.93. The van der Waals surface area contributed by atoms with Gasteiger partial charge < -0.3 is 28.4 Å². The Hall–Kier alpha value is -1.29. The van der Waals surface area contributed by atoms with Gasteiger partial charge in [-0.25, -0.2) is 0 Å². The van der Waals surface area contributed by atoms with E-state index in [4.69, 9.17) is 40.0 Å². The van der Waals surface area contributed by atoms with Crippen LogP contribution in [-0.4, -0.2) is 83.8 Å². The molecule has 2 aromatic rings. The van der Waals surface area contributed by atoms with Gasteiger partial charge >= 0.3 is 18.9 Å². The molecule has 0 aliphatic carbocycles. The Morgan fingerprint density at radius 1 is 0.806 bits per heavy atom. The van der Waals surface area contributed by atoms with E-state index in [1.165, 1.54) is 0 Å². The average Bonchev–Trinajstić information content (AvgIpc) is 2.84. The molecule has 36 heavy (non-hydrogen) atoms. The van der Waals surface area contributed by atoms with Crippen LogP contribution in [0.15, 0.2) is 30.3 Å². The molecule has 0 saturated carbocycles. The van der Waals surface area contributed by atoms with E-state index in [2.05, 4.69) is 0 Å². The van der Waals surface area contributed by atoms with Gasteiger partial charge in [0.1, 0.15) is 37.1 Å². The first-order valence-corrected chi connectivity index (χ1v) is 13.3. The molecular weight excluding hydrogens is 498 g/mol. The summed E-state index contributed by atoms with van der Waals surface area (Å²) in [5.74, 6) is 1.60. The van der Waals surface area contributed by atoms with Crippen molar-refractivity contribution < 1.29 is 33.2 Å². The molecule has 0 saturated heterocycles. The van der Waals surface area contributed by atoms with Crippen molar-refractivity contribution in [2.45, 2.75) is 27.7 Å². The van der Waals surface area contributed by atoms with Crippen molar-refractivity contribution in [1.29, 1.82) is 0 Å². The van der Waals surface area contributed by atoms with Gasteiger partial charge in [-0.3, -0.25) is 4.79 Å². The maximum atomic E-state index is 13.4. The SMILES string of the molecule is CCOCCOc1cc(OCCOCC)c(PC(=O)c2c(C)cccc2Cl)c(OCCOCC)c1.[LiH]. The molecule has 1 unspecified atom stereocenters. The van der Waals surface area contributed by atoms with Crippen LogP contribution in [0.1, 0.15) is 36.7 Å². The second kappa shape index (κ2) is 18.9. The van der Waals surface area contributed by atoms with Gasteiger partial charge in [0, 0.05) is 37.5 Å². The molecule has 0 amide bonds. The number of halogens is 1. The normalized spacial score (nSPS) is 10.9. The predicted octanol–water partition coefficient (Wildman–Crippen LogP) is 4.39. The fourth-order valence-electron chi connectivity index (χ4n) is 3.17. The van der Waals surface area contributed by atoms with Crippen LogP contribution in [0, 0.1) is 6.92 Å². The van der Waals surface area contributed by atoms with Crippen LogP contribution >= 0.6 is 20.2 Å². The van der Waals surface area contributed by atoms with Crippen LogP contribution in [0.3, 0.4) is 0 Å². The van der Waals surface area contributed by atoms with Gasteiger partial charge in [-0.15, -0.1) is 0 Å². The van der Waals surface area contributed by atoms with E-state index in [1.807, 2.05) is 39.8 Å². The number of rotatable bonds is 18. The Bertz CT molecular complexity index is 876. The van der Waals surface area contributed by atoms with Crippen molar-refractivity contribution in [3.05, 3.63) is 46.5 Å². The zero-order valence-electron chi connectivity index (χ0n) is 21.0. The quantitative estimate of drug-likeness (QED) is 0.160. The van der Waals surface area contributed by atoms with Crippen LogP contribution in [0.4, 0.5) is 0 Å². The summed E-state index contributed by atoms with van der Waals surface area (Å²) in [5, 5.41) is 1.08. The zero-order chi connectivity index (χ0) is 25.5. The summed E-state index contributed by atoms with van der Waals surface area (Å²) in [6.45, 7) is 11.8. The summed E-state index contributed by atoms with van der Waals surface area (Å²) in [4.78, 5) is 13.4. The molecule has 0 bridgehead atoms. The number of benzene rings is 2. The molecule has 2 aromatic carbocycles. The third-order valence-electron chi connectivity index (χ3n) is 4.81. The van der Waals surface area contributed by atoms with Gasteiger partial charge in [-0.1, -0.05) is 23.7 Å². The summed E-state index contributed by atoms with van der Waals surface area (Å²) >= 11 is 6.37. The van der Waals surface area contributed by atoms with Gasteiger partial charge in [-0.05, 0) is 47.9 Å². The van der Waals surface area contributed by atoms with E-state index in [9.17, 15) is 4.79 Å². The molecule has 0 aliphatic heterocycles. The Morgan fingerprint density at radius 3 is 1.78 bits per heavy atom. The predicted molar refractivity (Wildman–Crippen MR) is 148 cm³/mol. The first-order valence-electron chi connectivity index (χ1n) is 11.9. The van der Waals surface area contributed by atoms with E-state index in [1.54, 1.807) is 18.2 Å². The first-order chi connectivity index (χ1) is 17.0. The van der Waals surface area contributed by atoms with Crippen LogP contribution in [-0.2, 0) is 14.2 Å². The standard InChI is InChI=1S/C26H36ClO7P.Li.H/c1-5-29-11-14-32-20-17-22(33-15-12-30-6-2)25(23(18-20)34-16-13-31-7-3)35-26(28)24-19(4)9-8-10-21(24)27;;/h8-10,17-18,35H,5-7,11-16H2,1-4H3;;. The van der Waals surface area contributed by atoms with Gasteiger partial charge in [0.05, 0.1) is 30.1 Å². The third kappa shape index (κ3) is 11.0. The Morgan fingerprint density at radius 2 is 1.31 bits per heavy atom. The number of ether oxygens (including phenoxy) is 6. The summed E-state index contributed by atoms with van der Waals surface area (Å²) in [5.41, 5.74) is 1.23. The third-order valence-corrected chi connectivity index (χ3v) is 6.34. The van der Waals surface area contributed by atoms with Crippen LogP contribution in [0.5, 0.6) is 17.2 Å². The van der Waals surface area contributed by atoms with Crippen LogP contribution < -0.4 is 19.5 Å². The van der Waals surface area contributed by atoms with Crippen molar-refractivity contribution in [3.8, 4) is 17.2 Å². The molecule has 0 fully saturated rings. The summed E-state index contributed by atoms with van der Waals surface area (Å²) in [7, 11) is -0.266. The van der Waals surface area contributed by atoms with E-state index in [-0.39, 0.29) is 33.0 Å². The van der Waals surface area contributed by atoms with E-state index < -0.39 is 0 Å². The molecule has 0 N–H and O–H groups in total. The first kappa shape index (κ1) is 32.7. The minimum atomic E-state index is -0.266. The number of hydrogen-bond acceptors (Lipinski definition) is 7. The van der Waals surface area contributed by atoms with Crippen molar-refractivity contribution in [2.75, 3.05) is 59.5 Å². The minimum absolute atomic E-state index is 0. The number of carbonyl (C=O) groups is 1. The topological polar surface area (TPSA) is 72.5 Å². The fourth-order valence-corrected chi connectivity index (χ4v) is 4.77. The van der Waals surface area contributed by atoms with Gasteiger partial charge in [0.2, 0.25) is 0 Å². The molecule has 0 aromatic heterocycles. The molecule has 2 rings (SSSR count). The summed E-state index contributed by atoms with van der Waals surface area (Å²) in [6.07, 6.45) is 0. The van der Waals surface area contributed by atoms with Crippen molar-refractivity contribution in [2.24, 2.45) is 0 Å². The van der Waals surface area contributed by atoms with E-state index in [0.29, 0.717) is 92.6 Å². The van der Waals surface area contributed by atoms with Gasteiger partial charge in [0.25, 0.3) is 0 Å². The summed E-state index contributed by atoms with van der Waals surface area (Å²) < 4.78 is 34.2. The van der Waals surface area contributed by atoms with E-state index >= 15 is 0 Å². The Labute approximate surface area is 233 Å². The Kier molecular flexibility index (Phi) is 17.2. The van der Waals surface area contributed by atoms with Crippen LogP contribution in [0.2, 0.25) is 5.02 Å².